The predicted octanol–water partition coefficient (Wildman–Crippen LogP) is 5.11. The highest BCUT2D eigenvalue weighted by Gasteiger charge is 2.62. The minimum absolute atomic E-state index is 0.00870. The third kappa shape index (κ3) is 8.23. The molecule has 0 radical (unpaired) electrons. The molecule has 0 bridgehead atoms. The molecule has 8 rings (SSSR count). The molecule has 2 saturated carbocycles. The summed E-state index contributed by atoms with van der Waals surface area (Å²) in [5.41, 5.74) is 1.92. The fraction of sp³-hybridized carbons (Fsp3) is 0.545. The van der Waals surface area contributed by atoms with Crippen LogP contribution in [-0.2, 0) is 42.0 Å². The number of sulfonamides is 1. The molecule has 2 aliphatic heterocycles. The van der Waals surface area contributed by atoms with E-state index in [2.05, 4.69) is 27.7 Å². The van der Waals surface area contributed by atoms with Crippen molar-refractivity contribution in [2.75, 3.05) is 19.6 Å². The van der Waals surface area contributed by atoms with Gasteiger partial charge in [-0.15, -0.1) is 6.58 Å². The quantitative estimate of drug-likeness (QED) is 0.236. The molecule has 4 fully saturated rings. The fourth-order valence-corrected chi connectivity index (χ4v) is 10.5. The number of ether oxygens (including phenoxy) is 1. The maximum absolute atomic E-state index is 14.9. The summed E-state index contributed by atoms with van der Waals surface area (Å²) in [5, 5.41) is 2.90. The van der Waals surface area contributed by atoms with E-state index in [0.717, 1.165) is 40.6 Å². The van der Waals surface area contributed by atoms with E-state index in [1.807, 2.05) is 24.3 Å². The molecule has 2 saturated heterocycles. The van der Waals surface area contributed by atoms with Crippen LogP contribution in [0, 0.1) is 17.3 Å². The maximum Gasteiger partial charge on any atom is 0.265 e. The Morgan fingerprint density at radius 3 is 2.53 bits per heavy atom. The molecule has 2 N–H and O–H groups in total. The number of fused-ring (bicyclic) bond motifs is 3. The number of aryl methyl sites for hydroxylation is 2. The van der Waals surface area contributed by atoms with Gasteiger partial charge in [0.25, 0.3) is 11.8 Å². The lowest BCUT2D eigenvalue weighted by atomic mass is 9.77. The zero-order valence-electron chi connectivity index (χ0n) is 34.2. The molecule has 2 aromatic heterocycles. The Kier molecular flexibility index (Phi) is 10.8. The Labute approximate surface area is 348 Å². The lowest BCUT2D eigenvalue weighted by molar-refractivity contribution is -0.151. The molecule has 60 heavy (non-hydrogen) atoms. The molecule has 2 unspecified atom stereocenters. The lowest BCUT2D eigenvalue weighted by Gasteiger charge is -2.37. The van der Waals surface area contributed by atoms with E-state index in [4.69, 9.17) is 9.72 Å². The van der Waals surface area contributed by atoms with E-state index in [1.165, 1.54) is 16.5 Å². The van der Waals surface area contributed by atoms with Crippen LogP contribution in [0.15, 0.2) is 55.3 Å². The van der Waals surface area contributed by atoms with Gasteiger partial charge in [-0.05, 0) is 79.7 Å². The van der Waals surface area contributed by atoms with Crippen molar-refractivity contribution in [3.63, 3.8) is 0 Å². The number of aromatic nitrogens is 2. The highest BCUT2D eigenvalue weighted by molar-refractivity contribution is 7.91. The predicted molar refractivity (Wildman–Crippen MR) is 219 cm³/mol. The van der Waals surface area contributed by atoms with Crippen LogP contribution in [-0.4, -0.2) is 100 Å². The number of hydrogen-bond donors (Lipinski definition) is 2. The Hall–Kier alpha value is -4.99. The van der Waals surface area contributed by atoms with E-state index >= 15 is 0 Å². The summed E-state index contributed by atoms with van der Waals surface area (Å²) in [6.07, 6.45) is 5.62. The number of piperidine rings is 1. The fourth-order valence-electron chi connectivity index (χ4n) is 9.09. The topological polar surface area (TPSA) is 168 Å². The summed E-state index contributed by atoms with van der Waals surface area (Å²) in [4.78, 5) is 68.9. The molecule has 4 amide bonds. The summed E-state index contributed by atoms with van der Waals surface area (Å²) < 4.78 is 63.5. The number of rotatable bonds is 12. The van der Waals surface area contributed by atoms with E-state index in [9.17, 15) is 36.4 Å². The molecule has 4 heterocycles. The number of carbonyl (C=O) groups is 4. The Balaban J connectivity index is 1.12. The second kappa shape index (κ2) is 15.5. The van der Waals surface area contributed by atoms with Crippen LogP contribution in [0.2, 0.25) is 0 Å². The number of likely N-dealkylation sites (tertiary alicyclic amines) is 2. The van der Waals surface area contributed by atoms with Crippen molar-refractivity contribution < 1.29 is 41.1 Å². The van der Waals surface area contributed by atoms with Crippen LogP contribution in [0.1, 0.15) is 83.3 Å². The largest absolute Gasteiger partial charge is 0.488 e. The van der Waals surface area contributed by atoms with Crippen LogP contribution >= 0.6 is 0 Å². The number of hydrogen-bond acceptors (Lipinski definition) is 9. The molecular weight excluding hydrogens is 795 g/mol. The molecule has 16 heteroatoms. The van der Waals surface area contributed by atoms with Crippen molar-refractivity contribution in [3.8, 4) is 17.1 Å². The minimum atomic E-state index is -3.95. The van der Waals surface area contributed by atoms with Gasteiger partial charge in [-0.1, -0.05) is 39.0 Å². The Morgan fingerprint density at radius 1 is 1.08 bits per heavy atom. The summed E-state index contributed by atoms with van der Waals surface area (Å²) in [6, 6.07) is 10.2. The summed E-state index contributed by atoms with van der Waals surface area (Å²) in [6.45, 7) is 8.49. The van der Waals surface area contributed by atoms with Gasteiger partial charge >= 0.3 is 0 Å². The number of carbonyl (C=O) groups excluding carboxylic acids is 4. The van der Waals surface area contributed by atoms with Crippen LogP contribution in [0.5, 0.6) is 5.75 Å². The molecule has 5 atom stereocenters. The van der Waals surface area contributed by atoms with Gasteiger partial charge < -0.3 is 19.9 Å². The van der Waals surface area contributed by atoms with Gasteiger partial charge in [-0.3, -0.25) is 28.9 Å². The lowest BCUT2D eigenvalue weighted by Crippen LogP contribution is -2.57. The van der Waals surface area contributed by atoms with E-state index < -0.39 is 86.3 Å². The van der Waals surface area contributed by atoms with Gasteiger partial charge in [0, 0.05) is 49.4 Å². The first-order valence-electron chi connectivity index (χ1n) is 20.9. The number of benzene rings is 1. The van der Waals surface area contributed by atoms with E-state index in [-0.39, 0.29) is 45.2 Å². The molecule has 1 aromatic carbocycles. The maximum atomic E-state index is 14.9. The van der Waals surface area contributed by atoms with E-state index in [1.54, 1.807) is 33.0 Å². The van der Waals surface area contributed by atoms with Gasteiger partial charge in [-0.2, -0.15) is 0 Å². The van der Waals surface area contributed by atoms with Gasteiger partial charge in [0.2, 0.25) is 27.7 Å². The van der Waals surface area contributed by atoms with Crippen molar-refractivity contribution in [1.29, 1.82) is 0 Å². The van der Waals surface area contributed by atoms with Crippen molar-refractivity contribution in [2.45, 2.75) is 114 Å². The third-order valence-corrected chi connectivity index (χ3v) is 14.6. The number of halogens is 2. The van der Waals surface area contributed by atoms with E-state index in [0.29, 0.717) is 30.0 Å². The average molecular weight is 847 g/mol. The highest BCUT2D eigenvalue weighted by Crippen LogP contribution is 2.46. The molecule has 3 aliphatic carbocycles. The molecule has 5 aliphatic rings. The molecular formula is C44H52F2N6O7S. The minimum Gasteiger partial charge on any atom is -0.488 e. The third-order valence-electron chi connectivity index (χ3n) is 12.8. The zero-order valence-corrected chi connectivity index (χ0v) is 35.0. The smallest absolute Gasteiger partial charge is 0.265 e. The monoisotopic (exact) mass is 846 g/mol. The number of nitrogens with one attached hydrogen (secondary N) is 2. The average Bonchev–Trinajstić information content (AvgIpc) is 4.09. The number of pyridine rings is 2. The number of amides is 4. The first kappa shape index (κ1) is 41.7. The second-order valence-electron chi connectivity index (χ2n) is 18.2. The van der Waals surface area contributed by atoms with Gasteiger partial charge in [0.05, 0.1) is 41.2 Å². The van der Waals surface area contributed by atoms with Gasteiger partial charge in [0.15, 0.2) is 0 Å². The molecule has 3 aromatic rings. The van der Waals surface area contributed by atoms with Crippen molar-refractivity contribution in [2.24, 2.45) is 17.3 Å². The molecule has 13 nitrogen and oxygen atoms in total. The van der Waals surface area contributed by atoms with Gasteiger partial charge in [-0.25, -0.2) is 22.2 Å². The SMILES string of the molecule is C=C[C@@H]1CC1(NC(=O)[C@@H]1C[C@@H](Oc2cc(-c3ccccn3)nc3c4c(ccc23)CCC4)CN1C(=O)C(CC(=O)N1CCCC(F)(F)C1)C(C)(C)C)C(=O)NS(=O)(=O)C1CC1. The standard InChI is InChI=1S/C44H52F2N6O7S/c1-5-27-23-44(27,41(56)50-60(57,58)29-14-15-29)49-39(54)35-20-28(24-52(35)40(55)32(42(2,3)4)21-37(53)51-19-9-17-43(45,46)25-51)59-36-22-34(33-12-6-7-18-47-33)48-38-30-11-8-10-26(30)13-16-31(36)38/h5-7,12-13,16,18,22,27-29,32,35H,1,8-11,14-15,17,19-21,23-25H2,2-4H3,(H,49,54)(H,50,56)/t27-,28-,32?,35+,44?/m1/s1. The normalized spacial score (nSPS) is 25.3. The van der Waals surface area contributed by atoms with Crippen LogP contribution < -0.4 is 14.8 Å². The number of alkyl halides is 2. The van der Waals surface area contributed by atoms with Crippen LogP contribution in [0.3, 0.4) is 0 Å². The highest BCUT2D eigenvalue weighted by atomic mass is 32.2. The van der Waals surface area contributed by atoms with Crippen LogP contribution in [0.25, 0.3) is 22.3 Å². The number of nitrogens with zero attached hydrogens (tertiary/aromatic N) is 4. The molecule has 0 spiro atoms. The van der Waals surface area contributed by atoms with Crippen molar-refractivity contribution in [3.05, 3.63) is 66.4 Å². The Morgan fingerprint density at radius 2 is 1.87 bits per heavy atom. The summed E-state index contributed by atoms with van der Waals surface area (Å²) >= 11 is 0. The first-order chi connectivity index (χ1) is 28.4. The van der Waals surface area contributed by atoms with Crippen LogP contribution in [0.4, 0.5) is 8.78 Å². The molecule has 320 valence electrons. The summed E-state index contributed by atoms with van der Waals surface area (Å²) in [5.74, 6) is -6.81. The first-order valence-corrected chi connectivity index (χ1v) is 22.4. The van der Waals surface area contributed by atoms with Gasteiger partial charge in [0.1, 0.15) is 23.4 Å². The van der Waals surface area contributed by atoms with Crippen molar-refractivity contribution in [1.82, 2.24) is 29.8 Å². The second-order valence-corrected chi connectivity index (χ2v) is 20.2. The van der Waals surface area contributed by atoms with Crippen molar-refractivity contribution >= 4 is 44.6 Å². The zero-order chi connectivity index (χ0) is 42.8. The Bertz CT molecular complexity index is 2350. The summed E-state index contributed by atoms with van der Waals surface area (Å²) in [7, 11) is -3.95.